The number of fused-ring (bicyclic) bond motifs is 1. The number of amides is 1. The van der Waals surface area contributed by atoms with Crippen LogP contribution in [0.1, 0.15) is 56.3 Å². The molecule has 3 atom stereocenters. The van der Waals surface area contributed by atoms with Gasteiger partial charge in [0, 0.05) is 43.5 Å². The smallest absolute Gasteiger partial charge is 0.227 e. The van der Waals surface area contributed by atoms with Crippen LogP contribution in [0.5, 0.6) is 0 Å². The molecule has 6 heteroatoms. The van der Waals surface area contributed by atoms with Crippen LogP contribution in [0.2, 0.25) is 0 Å². The summed E-state index contributed by atoms with van der Waals surface area (Å²) in [5, 5.41) is 10.9. The Balaban J connectivity index is 1.43. The van der Waals surface area contributed by atoms with Crippen molar-refractivity contribution in [3.8, 4) is 0 Å². The molecule has 4 rings (SSSR count). The average Bonchev–Trinajstić information content (AvgIpc) is 2.66. The highest BCUT2D eigenvalue weighted by molar-refractivity contribution is 5.80. The van der Waals surface area contributed by atoms with Crippen molar-refractivity contribution < 1.29 is 9.90 Å². The molecule has 2 saturated heterocycles. The second-order valence-corrected chi connectivity index (χ2v) is 8.82. The van der Waals surface area contributed by atoms with Crippen LogP contribution in [0.4, 0.5) is 5.95 Å². The Morgan fingerprint density at radius 3 is 2.63 bits per heavy atom. The number of rotatable bonds is 2. The molecule has 1 aromatic rings. The molecule has 3 aliphatic rings. The van der Waals surface area contributed by atoms with Crippen LogP contribution in [0.25, 0.3) is 0 Å². The zero-order valence-electron chi connectivity index (χ0n) is 16.7. The van der Waals surface area contributed by atoms with Gasteiger partial charge >= 0.3 is 0 Å². The second-order valence-electron chi connectivity index (χ2n) is 8.82. The molecule has 0 bridgehead atoms. The van der Waals surface area contributed by atoms with Gasteiger partial charge in [0.15, 0.2) is 0 Å². The lowest BCUT2D eigenvalue weighted by Crippen LogP contribution is -2.56. The Kier molecular flexibility index (Phi) is 5.10. The van der Waals surface area contributed by atoms with Crippen molar-refractivity contribution in [3.05, 3.63) is 17.5 Å². The number of aryl methyl sites for hydroxylation is 2. The van der Waals surface area contributed by atoms with Crippen LogP contribution in [0.15, 0.2) is 6.07 Å². The topological polar surface area (TPSA) is 69.6 Å². The van der Waals surface area contributed by atoms with E-state index in [2.05, 4.69) is 14.9 Å². The van der Waals surface area contributed by atoms with Crippen molar-refractivity contribution >= 4 is 11.9 Å². The highest BCUT2D eigenvalue weighted by Gasteiger charge is 2.44. The minimum Gasteiger partial charge on any atom is -0.389 e. The Labute approximate surface area is 162 Å². The Bertz CT molecular complexity index is 689. The van der Waals surface area contributed by atoms with Crippen LogP contribution in [0.3, 0.4) is 0 Å². The molecule has 1 amide bonds. The fraction of sp³-hybridized carbons (Fsp3) is 0.762. The van der Waals surface area contributed by atoms with Gasteiger partial charge in [-0.3, -0.25) is 4.79 Å². The zero-order valence-corrected chi connectivity index (χ0v) is 16.7. The van der Waals surface area contributed by atoms with E-state index in [1.165, 1.54) is 6.42 Å². The molecular formula is C21H32N4O2. The summed E-state index contributed by atoms with van der Waals surface area (Å²) >= 11 is 0. The van der Waals surface area contributed by atoms with Gasteiger partial charge < -0.3 is 14.9 Å². The fourth-order valence-electron chi connectivity index (χ4n) is 5.24. The molecule has 3 heterocycles. The third-order valence-corrected chi connectivity index (χ3v) is 6.76. The van der Waals surface area contributed by atoms with Gasteiger partial charge in [-0.1, -0.05) is 12.8 Å². The molecule has 3 fully saturated rings. The number of carbonyl (C=O) groups excluding carboxylic acids is 1. The van der Waals surface area contributed by atoms with Gasteiger partial charge in [0.05, 0.1) is 11.5 Å². The molecule has 6 nitrogen and oxygen atoms in total. The van der Waals surface area contributed by atoms with E-state index in [0.717, 1.165) is 69.0 Å². The van der Waals surface area contributed by atoms with E-state index in [-0.39, 0.29) is 17.7 Å². The molecule has 2 aliphatic heterocycles. The first-order valence-electron chi connectivity index (χ1n) is 10.5. The van der Waals surface area contributed by atoms with Crippen LogP contribution in [-0.2, 0) is 4.79 Å². The van der Waals surface area contributed by atoms with Gasteiger partial charge in [-0.15, -0.1) is 0 Å². The quantitative estimate of drug-likeness (QED) is 0.864. The van der Waals surface area contributed by atoms with Crippen LogP contribution in [-0.4, -0.2) is 57.7 Å². The van der Waals surface area contributed by atoms with E-state index in [4.69, 9.17) is 0 Å². The van der Waals surface area contributed by atoms with Crippen molar-refractivity contribution in [2.24, 2.45) is 11.8 Å². The summed E-state index contributed by atoms with van der Waals surface area (Å²) in [4.78, 5) is 26.6. The van der Waals surface area contributed by atoms with Gasteiger partial charge in [0.25, 0.3) is 0 Å². The van der Waals surface area contributed by atoms with Gasteiger partial charge in [-0.2, -0.15) is 0 Å². The van der Waals surface area contributed by atoms with E-state index in [0.29, 0.717) is 13.1 Å². The predicted molar refractivity (Wildman–Crippen MR) is 105 cm³/mol. The number of aromatic nitrogens is 2. The Morgan fingerprint density at radius 2 is 1.85 bits per heavy atom. The average molecular weight is 373 g/mol. The highest BCUT2D eigenvalue weighted by atomic mass is 16.3. The largest absolute Gasteiger partial charge is 0.389 e. The lowest BCUT2D eigenvalue weighted by Gasteiger charge is -2.48. The molecule has 0 aromatic carbocycles. The lowest BCUT2D eigenvalue weighted by atomic mass is 9.71. The maximum absolute atomic E-state index is 13.2. The van der Waals surface area contributed by atoms with Crippen molar-refractivity contribution in [3.63, 3.8) is 0 Å². The van der Waals surface area contributed by atoms with E-state index < -0.39 is 5.60 Å². The van der Waals surface area contributed by atoms with Gasteiger partial charge in [-0.05, 0) is 52.0 Å². The molecule has 1 aromatic heterocycles. The fourth-order valence-corrected chi connectivity index (χ4v) is 5.24. The zero-order chi connectivity index (χ0) is 19.0. The van der Waals surface area contributed by atoms with E-state index in [1.54, 1.807) is 0 Å². The first-order chi connectivity index (χ1) is 12.9. The summed E-state index contributed by atoms with van der Waals surface area (Å²) in [6.45, 7) is 7.02. The molecule has 1 aliphatic carbocycles. The molecule has 3 unspecified atom stereocenters. The summed E-state index contributed by atoms with van der Waals surface area (Å²) in [7, 11) is 0. The molecule has 148 valence electrons. The predicted octanol–water partition coefficient (Wildman–Crippen LogP) is 2.46. The minimum atomic E-state index is -0.527. The standard InChI is InChI=1S/C21H32N4O2/c1-15-12-16(2)23-20(22-15)25-10-5-6-17(13-25)19(26)24-11-9-21(27)8-4-3-7-18(21)14-24/h12,17-18,27H,3-11,13-14H2,1-2H3. The summed E-state index contributed by atoms with van der Waals surface area (Å²) < 4.78 is 0. The number of anilines is 1. The third kappa shape index (κ3) is 3.82. The molecule has 0 spiro atoms. The Hall–Kier alpha value is -1.69. The second kappa shape index (κ2) is 7.38. The number of nitrogens with zero attached hydrogens (tertiary/aromatic N) is 4. The van der Waals surface area contributed by atoms with Gasteiger partial charge in [-0.25, -0.2) is 9.97 Å². The number of carbonyl (C=O) groups is 1. The van der Waals surface area contributed by atoms with Crippen LogP contribution < -0.4 is 4.90 Å². The third-order valence-electron chi connectivity index (χ3n) is 6.76. The minimum absolute atomic E-state index is 0.0120. The number of likely N-dealkylation sites (tertiary alicyclic amines) is 1. The normalized spacial score (nSPS) is 31.5. The summed E-state index contributed by atoms with van der Waals surface area (Å²) in [5.74, 6) is 1.28. The first kappa shape index (κ1) is 18.7. The summed E-state index contributed by atoms with van der Waals surface area (Å²) in [5.41, 5.74) is 1.41. The van der Waals surface area contributed by atoms with Crippen molar-refractivity contribution in [1.29, 1.82) is 0 Å². The maximum atomic E-state index is 13.2. The summed E-state index contributed by atoms with van der Waals surface area (Å²) in [6.07, 6.45) is 6.92. The Morgan fingerprint density at radius 1 is 1.07 bits per heavy atom. The summed E-state index contributed by atoms with van der Waals surface area (Å²) in [6, 6.07) is 1.98. The van der Waals surface area contributed by atoms with Crippen molar-refractivity contribution in [1.82, 2.24) is 14.9 Å². The maximum Gasteiger partial charge on any atom is 0.227 e. The van der Waals surface area contributed by atoms with Gasteiger partial charge in [0.1, 0.15) is 0 Å². The van der Waals surface area contributed by atoms with Crippen molar-refractivity contribution in [2.45, 2.75) is 64.4 Å². The SMILES string of the molecule is Cc1cc(C)nc(N2CCCC(C(=O)N3CCC4(O)CCCCC4C3)C2)n1. The number of aliphatic hydroxyl groups is 1. The molecule has 1 saturated carbocycles. The number of piperidine rings is 2. The number of hydrogen-bond acceptors (Lipinski definition) is 5. The van der Waals surface area contributed by atoms with Crippen LogP contribution >= 0.6 is 0 Å². The molecular weight excluding hydrogens is 340 g/mol. The molecule has 1 N–H and O–H groups in total. The van der Waals surface area contributed by atoms with E-state index in [1.807, 2.05) is 24.8 Å². The highest BCUT2D eigenvalue weighted by Crippen LogP contribution is 2.40. The van der Waals surface area contributed by atoms with Crippen molar-refractivity contribution in [2.75, 3.05) is 31.1 Å². The number of hydrogen-bond donors (Lipinski definition) is 1. The lowest BCUT2D eigenvalue weighted by molar-refractivity contribution is -0.147. The van der Waals surface area contributed by atoms with E-state index in [9.17, 15) is 9.90 Å². The first-order valence-corrected chi connectivity index (χ1v) is 10.5. The monoisotopic (exact) mass is 372 g/mol. The molecule has 27 heavy (non-hydrogen) atoms. The van der Waals surface area contributed by atoms with Crippen LogP contribution in [0, 0.1) is 25.7 Å². The van der Waals surface area contributed by atoms with E-state index >= 15 is 0 Å². The molecule has 0 radical (unpaired) electrons. The van der Waals surface area contributed by atoms with Gasteiger partial charge in [0.2, 0.25) is 11.9 Å².